The van der Waals surface area contributed by atoms with Crippen LogP contribution in [0.3, 0.4) is 0 Å². The fourth-order valence-electron chi connectivity index (χ4n) is 1.33. The normalized spacial score (nSPS) is 10.3. The van der Waals surface area contributed by atoms with Crippen molar-refractivity contribution in [3.63, 3.8) is 0 Å². The minimum Gasteiger partial charge on any atom is -0.352 e. The number of carbonyl (C=O) groups excluding carboxylic acids is 1. The Kier molecular flexibility index (Phi) is 6.15. The smallest absolute Gasteiger partial charge is 0.251 e. The Morgan fingerprint density at radius 2 is 2.18 bits per heavy atom. The zero-order chi connectivity index (χ0) is 12.7. The Bertz CT molecular complexity index is 385. The van der Waals surface area contributed by atoms with Gasteiger partial charge in [0.25, 0.3) is 5.91 Å². The molecule has 0 aliphatic rings. The second-order valence-electron chi connectivity index (χ2n) is 3.59. The fourth-order valence-corrected chi connectivity index (χ4v) is 1.71. The molecule has 17 heavy (non-hydrogen) atoms. The van der Waals surface area contributed by atoms with Crippen molar-refractivity contribution in [2.45, 2.75) is 13.3 Å². The quantitative estimate of drug-likeness (QED) is 0.792. The summed E-state index contributed by atoms with van der Waals surface area (Å²) in [6, 6.07) is 4.23. The molecular weight excluding hydrogens is 287 g/mol. The molecule has 0 aliphatic carbocycles. The van der Waals surface area contributed by atoms with Gasteiger partial charge in [-0.25, -0.2) is 4.39 Å². The summed E-state index contributed by atoms with van der Waals surface area (Å²) in [5.41, 5.74) is 0.460. The third kappa shape index (κ3) is 4.83. The van der Waals surface area contributed by atoms with Crippen molar-refractivity contribution >= 4 is 21.8 Å². The van der Waals surface area contributed by atoms with Gasteiger partial charge in [0.2, 0.25) is 0 Å². The summed E-state index contributed by atoms with van der Waals surface area (Å²) in [5, 5.41) is 5.95. The van der Waals surface area contributed by atoms with Crippen LogP contribution in [0, 0.1) is 5.82 Å². The van der Waals surface area contributed by atoms with Crippen molar-refractivity contribution < 1.29 is 9.18 Å². The Balaban J connectivity index is 2.39. The summed E-state index contributed by atoms with van der Waals surface area (Å²) in [5.74, 6) is -0.545. The van der Waals surface area contributed by atoms with Crippen LogP contribution in [0.25, 0.3) is 0 Å². The van der Waals surface area contributed by atoms with E-state index in [4.69, 9.17) is 0 Å². The predicted octanol–water partition coefficient (Wildman–Crippen LogP) is 2.32. The molecule has 0 heterocycles. The van der Waals surface area contributed by atoms with Crippen LogP contribution in [0.2, 0.25) is 0 Å². The molecule has 0 bridgehead atoms. The number of carbonyl (C=O) groups is 1. The van der Waals surface area contributed by atoms with Crippen LogP contribution in [0.1, 0.15) is 23.7 Å². The first kappa shape index (κ1) is 14.1. The van der Waals surface area contributed by atoms with E-state index in [-0.39, 0.29) is 11.7 Å². The second kappa shape index (κ2) is 7.40. The summed E-state index contributed by atoms with van der Waals surface area (Å²) in [6.07, 6.45) is 0.877. The lowest BCUT2D eigenvalue weighted by Gasteiger charge is -2.06. The molecule has 0 saturated heterocycles. The van der Waals surface area contributed by atoms with Crippen LogP contribution < -0.4 is 10.6 Å². The number of benzene rings is 1. The number of nitrogens with one attached hydrogen (secondary N) is 2. The zero-order valence-corrected chi connectivity index (χ0v) is 11.3. The number of hydrogen-bond acceptors (Lipinski definition) is 2. The van der Waals surface area contributed by atoms with Crippen LogP contribution in [0.15, 0.2) is 22.7 Å². The SMILES string of the molecule is CCNCCCNC(=O)c1ccc(F)c(Br)c1. The lowest BCUT2D eigenvalue weighted by molar-refractivity contribution is 0.0953. The van der Waals surface area contributed by atoms with E-state index in [2.05, 4.69) is 26.6 Å². The highest BCUT2D eigenvalue weighted by Crippen LogP contribution is 2.16. The molecule has 1 amide bonds. The van der Waals surface area contributed by atoms with Crippen LogP contribution in [-0.4, -0.2) is 25.5 Å². The van der Waals surface area contributed by atoms with Crippen molar-refractivity contribution in [2.24, 2.45) is 0 Å². The zero-order valence-electron chi connectivity index (χ0n) is 9.72. The minimum absolute atomic E-state index is 0.179. The first-order valence-corrected chi connectivity index (χ1v) is 6.38. The number of amides is 1. The summed E-state index contributed by atoms with van der Waals surface area (Å²) < 4.78 is 13.3. The van der Waals surface area contributed by atoms with Crippen LogP contribution in [0.5, 0.6) is 0 Å². The van der Waals surface area contributed by atoms with Crippen LogP contribution in [0.4, 0.5) is 4.39 Å². The van der Waals surface area contributed by atoms with Gasteiger partial charge in [0, 0.05) is 12.1 Å². The highest BCUT2D eigenvalue weighted by atomic mass is 79.9. The maximum absolute atomic E-state index is 13.0. The number of hydrogen-bond donors (Lipinski definition) is 2. The van der Waals surface area contributed by atoms with E-state index < -0.39 is 0 Å². The standard InChI is InChI=1S/C12H16BrFN2O/c1-2-15-6-3-7-16-12(17)9-4-5-11(14)10(13)8-9/h4-5,8,15H,2-3,6-7H2,1H3,(H,16,17). The third-order valence-corrected chi connectivity index (χ3v) is 2.86. The largest absolute Gasteiger partial charge is 0.352 e. The molecule has 0 aromatic heterocycles. The Morgan fingerprint density at radius 1 is 1.41 bits per heavy atom. The molecule has 1 rings (SSSR count). The first-order chi connectivity index (χ1) is 8.15. The van der Waals surface area contributed by atoms with Gasteiger partial charge in [-0.15, -0.1) is 0 Å². The van der Waals surface area contributed by atoms with Gasteiger partial charge in [0.1, 0.15) is 5.82 Å². The summed E-state index contributed by atoms with van der Waals surface area (Å²) in [7, 11) is 0. The fraction of sp³-hybridized carbons (Fsp3) is 0.417. The summed E-state index contributed by atoms with van der Waals surface area (Å²) in [4.78, 5) is 11.7. The molecule has 0 unspecified atom stereocenters. The van der Waals surface area contributed by atoms with Gasteiger partial charge in [-0.3, -0.25) is 4.79 Å². The highest BCUT2D eigenvalue weighted by Gasteiger charge is 2.07. The van der Waals surface area contributed by atoms with E-state index in [0.29, 0.717) is 16.6 Å². The highest BCUT2D eigenvalue weighted by molar-refractivity contribution is 9.10. The summed E-state index contributed by atoms with van der Waals surface area (Å²) in [6.45, 7) is 4.46. The van der Waals surface area contributed by atoms with E-state index in [1.165, 1.54) is 18.2 Å². The average molecular weight is 303 g/mol. The molecule has 1 aromatic rings. The molecule has 0 saturated carbocycles. The molecular formula is C12H16BrFN2O. The Hall–Kier alpha value is -0.940. The average Bonchev–Trinajstić information content (AvgIpc) is 2.32. The predicted molar refractivity (Wildman–Crippen MR) is 69.6 cm³/mol. The van der Waals surface area contributed by atoms with Crippen LogP contribution in [-0.2, 0) is 0 Å². The minimum atomic E-state index is -0.367. The van der Waals surface area contributed by atoms with Gasteiger partial charge in [-0.1, -0.05) is 6.92 Å². The van der Waals surface area contributed by atoms with E-state index >= 15 is 0 Å². The van der Waals surface area contributed by atoms with Crippen molar-refractivity contribution in [2.75, 3.05) is 19.6 Å². The lowest BCUT2D eigenvalue weighted by Crippen LogP contribution is -2.27. The molecule has 94 valence electrons. The topological polar surface area (TPSA) is 41.1 Å². The van der Waals surface area contributed by atoms with Crippen LogP contribution >= 0.6 is 15.9 Å². The molecule has 0 radical (unpaired) electrons. The van der Waals surface area contributed by atoms with Gasteiger partial charge >= 0.3 is 0 Å². The van der Waals surface area contributed by atoms with Gasteiger partial charge in [-0.2, -0.15) is 0 Å². The number of halogens is 2. The molecule has 0 spiro atoms. The van der Waals surface area contributed by atoms with Gasteiger partial charge < -0.3 is 10.6 Å². The van der Waals surface area contributed by atoms with Gasteiger partial charge in [-0.05, 0) is 53.6 Å². The second-order valence-corrected chi connectivity index (χ2v) is 4.45. The van der Waals surface area contributed by atoms with Gasteiger partial charge in [0.15, 0.2) is 0 Å². The van der Waals surface area contributed by atoms with E-state index in [1.807, 2.05) is 6.92 Å². The maximum Gasteiger partial charge on any atom is 0.251 e. The monoisotopic (exact) mass is 302 g/mol. The van der Waals surface area contributed by atoms with E-state index in [0.717, 1.165) is 19.5 Å². The third-order valence-electron chi connectivity index (χ3n) is 2.25. The molecule has 0 aliphatic heterocycles. The van der Waals surface area contributed by atoms with E-state index in [9.17, 15) is 9.18 Å². The molecule has 0 atom stereocenters. The molecule has 0 fully saturated rings. The van der Waals surface area contributed by atoms with Crippen molar-refractivity contribution in [1.29, 1.82) is 0 Å². The molecule has 1 aromatic carbocycles. The molecule has 5 heteroatoms. The van der Waals surface area contributed by atoms with Crippen molar-refractivity contribution in [3.8, 4) is 0 Å². The van der Waals surface area contributed by atoms with E-state index in [1.54, 1.807) is 0 Å². The maximum atomic E-state index is 13.0. The first-order valence-electron chi connectivity index (χ1n) is 5.59. The summed E-state index contributed by atoms with van der Waals surface area (Å²) >= 11 is 3.05. The van der Waals surface area contributed by atoms with Crippen molar-refractivity contribution in [1.82, 2.24) is 10.6 Å². The lowest BCUT2D eigenvalue weighted by atomic mass is 10.2. The van der Waals surface area contributed by atoms with Crippen molar-refractivity contribution in [3.05, 3.63) is 34.1 Å². The number of rotatable bonds is 6. The Labute approximate surface area is 109 Å². The van der Waals surface area contributed by atoms with Gasteiger partial charge in [0.05, 0.1) is 4.47 Å². The molecule has 3 nitrogen and oxygen atoms in total. The Morgan fingerprint density at radius 3 is 2.82 bits per heavy atom. The molecule has 2 N–H and O–H groups in total.